The normalized spacial score (nSPS) is 19.5. The molecule has 0 aromatic heterocycles. The summed E-state index contributed by atoms with van der Waals surface area (Å²) in [4.78, 5) is 13.8. The number of hydrogen-bond acceptors (Lipinski definition) is 2. The molecule has 88 valence electrons. The first-order chi connectivity index (χ1) is 7.08. The molecule has 1 heterocycles. The number of nitrogens with one attached hydrogen (secondary N) is 1. The van der Waals surface area contributed by atoms with E-state index in [2.05, 4.69) is 17.3 Å². The van der Waals surface area contributed by atoms with Gasteiger partial charge in [-0.2, -0.15) is 0 Å². The van der Waals surface area contributed by atoms with Gasteiger partial charge in [-0.15, -0.1) is 0 Å². The van der Waals surface area contributed by atoms with Crippen molar-refractivity contribution in [3.8, 4) is 0 Å². The second-order valence-electron chi connectivity index (χ2n) is 5.01. The summed E-state index contributed by atoms with van der Waals surface area (Å²) < 4.78 is 0. The average Bonchev–Trinajstić information content (AvgIpc) is 2.16. The summed E-state index contributed by atoms with van der Waals surface area (Å²) in [5.41, 5.74) is 0. The zero-order valence-electron chi connectivity index (χ0n) is 10.3. The van der Waals surface area contributed by atoms with Crippen LogP contribution in [0, 0.1) is 5.92 Å². The first-order valence-electron chi connectivity index (χ1n) is 6.06. The number of piperidine rings is 1. The van der Waals surface area contributed by atoms with Crippen molar-refractivity contribution in [1.82, 2.24) is 10.2 Å². The summed E-state index contributed by atoms with van der Waals surface area (Å²) in [5, 5.41) is 2.94. The molecular formula is C12H24N2O. The van der Waals surface area contributed by atoms with E-state index in [-0.39, 0.29) is 11.9 Å². The maximum absolute atomic E-state index is 11.4. The maximum atomic E-state index is 11.4. The first-order valence-corrected chi connectivity index (χ1v) is 6.06. The van der Waals surface area contributed by atoms with E-state index in [4.69, 9.17) is 0 Å². The van der Waals surface area contributed by atoms with Gasteiger partial charge in [0, 0.05) is 12.5 Å². The van der Waals surface area contributed by atoms with Crippen LogP contribution in [0.1, 0.15) is 39.5 Å². The van der Waals surface area contributed by atoms with Gasteiger partial charge in [0.05, 0.1) is 0 Å². The number of amides is 1. The molecule has 15 heavy (non-hydrogen) atoms. The minimum atomic E-state index is 0.212. The number of hydrogen-bond donors (Lipinski definition) is 1. The molecule has 0 aromatic carbocycles. The molecule has 1 aliphatic rings. The number of rotatable bonds is 4. The topological polar surface area (TPSA) is 32.3 Å². The van der Waals surface area contributed by atoms with Crippen LogP contribution in [-0.4, -0.2) is 37.0 Å². The standard InChI is InChI=1S/C12H24N2O/c1-10(2)13-12(15)5-4-11-6-8-14(3)9-7-11/h10-11H,4-9H2,1-3H3,(H,13,15). The molecule has 0 atom stereocenters. The van der Waals surface area contributed by atoms with Crippen LogP contribution >= 0.6 is 0 Å². The van der Waals surface area contributed by atoms with E-state index in [1.807, 2.05) is 13.8 Å². The Morgan fingerprint density at radius 1 is 1.40 bits per heavy atom. The average molecular weight is 212 g/mol. The fourth-order valence-electron chi connectivity index (χ4n) is 2.08. The summed E-state index contributed by atoms with van der Waals surface area (Å²) in [6.07, 6.45) is 4.27. The number of nitrogens with zero attached hydrogens (tertiary/aromatic N) is 1. The lowest BCUT2D eigenvalue weighted by molar-refractivity contribution is -0.121. The molecule has 1 fully saturated rings. The van der Waals surface area contributed by atoms with E-state index in [1.165, 1.54) is 25.9 Å². The third-order valence-corrected chi connectivity index (χ3v) is 3.07. The van der Waals surface area contributed by atoms with Crippen molar-refractivity contribution < 1.29 is 4.79 Å². The minimum Gasteiger partial charge on any atom is -0.354 e. The van der Waals surface area contributed by atoms with Gasteiger partial charge in [-0.25, -0.2) is 0 Å². The van der Waals surface area contributed by atoms with Gasteiger partial charge in [0.15, 0.2) is 0 Å². The van der Waals surface area contributed by atoms with Crippen molar-refractivity contribution in [2.45, 2.75) is 45.6 Å². The highest BCUT2D eigenvalue weighted by Gasteiger charge is 2.17. The third kappa shape index (κ3) is 5.17. The van der Waals surface area contributed by atoms with Gasteiger partial charge in [0.1, 0.15) is 0 Å². The second kappa shape index (κ2) is 6.11. The highest BCUT2D eigenvalue weighted by Crippen LogP contribution is 2.20. The van der Waals surface area contributed by atoms with Gasteiger partial charge in [-0.1, -0.05) is 0 Å². The number of carbonyl (C=O) groups is 1. The third-order valence-electron chi connectivity index (χ3n) is 3.07. The molecule has 0 aliphatic carbocycles. The summed E-state index contributed by atoms with van der Waals surface area (Å²) in [6, 6.07) is 0.273. The van der Waals surface area contributed by atoms with Crippen molar-refractivity contribution in [2.75, 3.05) is 20.1 Å². The second-order valence-corrected chi connectivity index (χ2v) is 5.01. The molecule has 0 spiro atoms. The van der Waals surface area contributed by atoms with Crippen LogP contribution in [0.2, 0.25) is 0 Å². The highest BCUT2D eigenvalue weighted by atomic mass is 16.1. The van der Waals surface area contributed by atoms with E-state index in [9.17, 15) is 4.79 Å². The monoisotopic (exact) mass is 212 g/mol. The lowest BCUT2D eigenvalue weighted by Crippen LogP contribution is -2.32. The zero-order valence-corrected chi connectivity index (χ0v) is 10.3. The molecule has 3 heteroatoms. The van der Waals surface area contributed by atoms with Crippen LogP contribution in [0.4, 0.5) is 0 Å². The van der Waals surface area contributed by atoms with Crippen molar-refractivity contribution in [1.29, 1.82) is 0 Å². The Hall–Kier alpha value is -0.570. The van der Waals surface area contributed by atoms with Crippen molar-refractivity contribution >= 4 is 5.91 Å². The lowest BCUT2D eigenvalue weighted by Gasteiger charge is -2.28. The van der Waals surface area contributed by atoms with Gasteiger partial charge in [0.25, 0.3) is 0 Å². The minimum absolute atomic E-state index is 0.212. The van der Waals surface area contributed by atoms with Crippen molar-refractivity contribution in [2.24, 2.45) is 5.92 Å². The summed E-state index contributed by atoms with van der Waals surface area (Å²) in [5.74, 6) is 0.975. The molecule has 0 aromatic rings. The smallest absolute Gasteiger partial charge is 0.220 e. The molecule has 0 unspecified atom stereocenters. The van der Waals surface area contributed by atoms with E-state index >= 15 is 0 Å². The van der Waals surface area contributed by atoms with Crippen LogP contribution < -0.4 is 5.32 Å². The molecule has 0 radical (unpaired) electrons. The van der Waals surface area contributed by atoms with E-state index in [0.717, 1.165) is 12.3 Å². The molecule has 1 rings (SSSR count). The molecule has 1 N–H and O–H groups in total. The van der Waals surface area contributed by atoms with Crippen molar-refractivity contribution in [3.05, 3.63) is 0 Å². The highest BCUT2D eigenvalue weighted by molar-refractivity contribution is 5.76. The van der Waals surface area contributed by atoms with E-state index < -0.39 is 0 Å². The predicted octanol–water partition coefficient (Wildman–Crippen LogP) is 1.63. The van der Waals surface area contributed by atoms with Crippen molar-refractivity contribution in [3.63, 3.8) is 0 Å². The van der Waals surface area contributed by atoms with Crippen LogP contribution in [0.25, 0.3) is 0 Å². The Labute approximate surface area is 93.2 Å². The Kier molecular flexibility index (Phi) is 5.09. The van der Waals surface area contributed by atoms with Gasteiger partial charge < -0.3 is 10.2 Å². The van der Waals surface area contributed by atoms with Crippen LogP contribution in [-0.2, 0) is 4.79 Å². The quantitative estimate of drug-likeness (QED) is 0.768. The fraction of sp³-hybridized carbons (Fsp3) is 0.917. The van der Waals surface area contributed by atoms with E-state index in [0.29, 0.717) is 6.42 Å². The summed E-state index contributed by atoms with van der Waals surface area (Å²) in [6.45, 7) is 6.40. The van der Waals surface area contributed by atoms with Crippen LogP contribution in [0.15, 0.2) is 0 Å². The Morgan fingerprint density at radius 2 is 2.00 bits per heavy atom. The molecule has 3 nitrogen and oxygen atoms in total. The number of carbonyl (C=O) groups excluding carboxylic acids is 1. The molecule has 0 saturated carbocycles. The zero-order chi connectivity index (χ0) is 11.3. The first kappa shape index (κ1) is 12.5. The van der Waals surface area contributed by atoms with E-state index in [1.54, 1.807) is 0 Å². The fourth-order valence-corrected chi connectivity index (χ4v) is 2.08. The molecule has 1 amide bonds. The van der Waals surface area contributed by atoms with Crippen LogP contribution in [0.3, 0.4) is 0 Å². The van der Waals surface area contributed by atoms with Gasteiger partial charge in [-0.3, -0.25) is 4.79 Å². The summed E-state index contributed by atoms with van der Waals surface area (Å²) >= 11 is 0. The number of likely N-dealkylation sites (tertiary alicyclic amines) is 1. The molecule has 1 aliphatic heterocycles. The molecular weight excluding hydrogens is 188 g/mol. The maximum Gasteiger partial charge on any atom is 0.220 e. The Morgan fingerprint density at radius 3 is 2.53 bits per heavy atom. The SMILES string of the molecule is CC(C)NC(=O)CCC1CCN(C)CC1. The molecule has 0 bridgehead atoms. The lowest BCUT2D eigenvalue weighted by atomic mass is 9.92. The van der Waals surface area contributed by atoms with Gasteiger partial charge in [-0.05, 0) is 59.2 Å². The Bertz CT molecular complexity index is 196. The van der Waals surface area contributed by atoms with Gasteiger partial charge in [0.2, 0.25) is 5.91 Å². The largest absolute Gasteiger partial charge is 0.354 e. The summed E-state index contributed by atoms with van der Waals surface area (Å²) in [7, 11) is 2.17. The Balaban J connectivity index is 2.12. The predicted molar refractivity (Wildman–Crippen MR) is 62.7 cm³/mol. The molecule has 1 saturated heterocycles. The van der Waals surface area contributed by atoms with Gasteiger partial charge >= 0.3 is 0 Å². The van der Waals surface area contributed by atoms with Crippen LogP contribution in [0.5, 0.6) is 0 Å².